The Hall–Kier alpha value is -0.330. The number of piperazine rings is 1. The summed E-state index contributed by atoms with van der Waals surface area (Å²) in [5, 5.41) is 10.1. The summed E-state index contributed by atoms with van der Waals surface area (Å²) >= 11 is 0. The van der Waals surface area contributed by atoms with Gasteiger partial charge in [-0.1, -0.05) is 13.3 Å². The summed E-state index contributed by atoms with van der Waals surface area (Å²) in [5.41, 5.74) is 0. The smallest absolute Gasteiger partial charge is 0.393 e. The first-order valence-electron chi connectivity index (χ1n) is 8.07. The number of aliphatic hydroxyl groups is 1. The van der Waals surface area contributed by atoms with E-state index in [0.29, 0.717) is 32.1 Å². The lowest BCUT2D eigenvalue weighted by molar-refractivity contribution is -0.149. The summed E-state index contributed by atoms with van der Waals surface area (Å²) in [4.78, 5) is 3.70. The van der Waals surface area contributed by atoms with Gasteiger partial charge < -0.3 is 10.0 Å². The Bertz CT molecular complexity index is 317. The van der Waals surface area contributed by atoms with Gasteiger partial charge in [-0.3, -0.25) is 4.90 Å². The van der Waals surface area contributed by atoms with Gasteiger partial charge in [0.2, 0.25) is 0 Å². The van der Waals surface area contributed by atoms with Gasteiger partial charge in [0.05, 0.1) is 12.6 Å². The number of aliphatic hydroxyl groups excluding tert-OH is 1. The number of alkyl halides is 3. The van der Waals surface area contributed by atoms with Gasteiger partial charge in [0.1, 0.15) is 0 Å². The van der Waals surface area contributed by atoms with E-state index in [2.05, 4.69) is 11.8 Å². The molecule has 124 valence electrons. The van der Waals surface area contributed by atoms with Crippen molar-refractivity contribution in [3.05, 3.63) is 0 Å². The van der Waals surface area contributed by atoms with Gasteiger partial charge in [-0.25, -0.2) is 0 Å². The molecule has 3 nitrogen and oxygen atoms in total. The molecule has 0 aromatic heterocycles. The number of nitrogens with zero attached hydrogens (tertiary/aromatic N) is 2. The lowest BCUT2D eigenvalue weighted by Crippen LogP contribution is -2.51. The molecule has 0 amide bonds. The summed E-state index contributed by atoms with van der Waals surface area (Å²) < 4.78 is 37.1. The molecule has 1 aliphatic heterocycles. The average molecular weight is 308 g/mol. The zero-order valence-electron chi connectivity index (χ0n) is 12.8. The maximum Gasteiger partial charge on any atom is 0.401 e. The van der Waals surface area contributed by atoms with Crippen molar-refractivity contribution >= 4 is 0 Å². The minimum atomic E-state index is -4.10. The number of hydrogen-bond acceptors (Lipinski definition) is 3. The van der Waals surface area contributed by atoms with E-state index in [-0.39, 0.29) is 12.0 Å². The van der Waals surface area contributed by atoms with E-state index < -0.39 is 12.7 Å². The standard InChI is InChI=1S/C15H27F3N2O/c1-2-12-3-4-14(21)13(9-12)10-19-5-7-20(8-6-19)11-15(16,17)18/h12-14,21H,2-11H2,1H3. The Morgan fingerprint density at radius 1 is 1.05 bits per heavy atom. The SMILES string of the molecule is CCC1CCC(O)C(CN2CCN(CC(F)(F)F)CC2)C1. The van der Waals surface area contributed by atoms with Crippen molar-refractivity contribution < 1.29 is 18.3 Å². The molecule has 1 aliphatic carbocycles. The van der Waals surface area contributed by atoms with Crippen molar-refractivity contribution in [1.82, 2.24) is 9.80 Å². The molecule has 21 heavy (non-hydrogen) atoms. The van der Waals surface area contributed by atoms with E-state index in [4.69, 9.17) is 0 Å². The molecule has 2 fully saturated rings. The summed E-state index contributed by atoms with van der Waals surface area (Å²) in [6, 6.07) is 0. The Morgan fingerprint density at radius 2 is 1.67 bits per heavy atom. The number of halogens is 3. The van der Waals surface area contributed by atoms with Crippen LogP contribution in [0.15, 0.2) is 0 Å². The van der Waals surface area contributed by atoms with Gasteiger partial charge in [0.25, 0.3) is 0 Å². The minimum Gasteiger partial charge on any atom is -0.393 e. The first-order valence-corrected chi connectivity index (χ1v) is 8.07. The molecule has 6 heteroatoms. The predicted molar refractivity (Wildman–Crippen MR) is 76.1 cm³/mol. The molecular weight excluding hydrogens is 281 g/mol. The summed E-state index contributed by atoms with van der Waals surface area (Å²) in [6.07, 6.45) is -0.148. The minimum absolute atomic E-state index is 0.235. The van der Waals surface area contributed by atoms with Crippen molar-refractivity contribution in [2.45, 2.75) is 44.9 Å². The second kappa shape index (κ2) is 7.29. The van der Waals surface area contributed by atoms with Crippen LogP contribution in [0, 0.1) is 11.8 Å². The van der Waals surface area contributed by atoms with E-state index in [9.17, 15) is 18.3 Å². The molecule has 0 spiro atoms. The lowest BCUT2D eigenvalue weighted by atomic mass is 9.78. The van der Waals surface area contributed by atoms with E-state index >= 15 is 0 Å². The molecule has 2 rings (SSSR count). The lowest BCUT2D eigenvalue weighted by Gasteiger charge is -2.40. The fourth-order valence-corrected chi connectivity index (χ4v) is 3.63. The van der Waals surface area contributed by atoms with Crippen LogP contribution in [0.4, 0.5) is 13.2 Å². The molecule has 1 saturated carbocycles. The monoisotopic (exact) mass is 308 g/mol. The third-order valence-electron chi connectivity index (χ3n) is 4.99. The van der Waals surface area contributed by atoms with Gasteiger partial charge in [0.15, 0.2) is 0 Å². The molecule has 3 atom stereocenters. The molecule has 1 saturated heterocycles. The van der Waals surface area contributed by atoms with Crippen LogP contribution in [0.1, 0.15) is 32.6 Å². The Kier molecular flexibility index (Phi) is 5.91. The quantitative estimate of drug-likeness (QED) is 0.864. The fraction of sp³-hybridized carbons (Fsp3) is 1.00. The highest BCUT2D eigenvalue weighted by Crippen LogP contribution is 2.32. The van der Waals surface area contributed by atoms with Crippen LogP contribution < -0.4 is 0 Å². The largest absolute Gasteiger partial charge is 0.401 e. The zero-order chi connectivity index (χ0) is 15.5. The molecule has 0 bridgehead atoms. The molecule has 3 unspecified atom stereocenters. The maximum atomic E-state index is 12.4. The molecule has 1 N–H and O–H groups in total. The van der Waals surface area contributed by atoms with Gasteiger partial charge in [0, 0.05) is 32.7 Å². The molecule has 0 aromatic rings. The fourth-order valence-electron chi connectivity index (χ4n) is 3.63. The van der Waals surface area contributed by atoms with Gasteiger partial charge in [-0.2, -0.15) is 13.2 Å². The van der Waals surface area contributed by atoms with E-state index in [1.165, 1.54) is 4.90 Å². The first-order chi connectivity index (χ1) is 9.87. The third-order valence-corrected chi connectivity index (χ3v) is 4.99. The van der Waals surface area contributed by atoms with Crippen LogP contribution in [-0.2, 0) is 0 Å². The van der Waals surface area contributed by atoms with Crippen LogP contribution in [0.25, 0.3) is 0 Å². The van der Waals surface area contributed by atoms with Gasteiger partial charge in [-0.15, -0.1) is 0 Å². The normalized spacial score (nSPS) is 33.3. The van der Waals surface area contributed by atoms with Crippen LogP contribution in [0.3, 0.4) is 0 Å². The highest BCUT2D eigenvalue weighted by atomic mass is 19.4. The highest BCUT2D eigenvalue weighted by Gasteiger charge is 2.34. The molecule has 2 aliphatic rings. The van der Waals surface area contributed by atoms with Crippen molar-refractivity contribution in [3.8, 4) is 0 Å². The maximum absolute atomic E-state index is 12.4. The molecule has 0 radical (unpaired) electrons. The van der Waals surface area contributed by atoms with Gasteiger partial charge >= 0.3 is 6.18 Å². The molecule has 0 aromatic carbocycles. The van der Waals surface area contributed by atoms with Crippen molar-refractivity contribution in [3.63, 3.8) is 0 Å². The zero-order valence-corrected chi connectivity index (χ0v) is 12.8. The van der Waals surface area contributed by atoms with Gasteiger partial charge in [-0.05, 0) is 31.1 Å². The average Bonchev–Trinajstić information content (AvgIpc) is 2.42. The number of hydrogen-bond donors (Lipinski definition) is 1. The number of rotatable bonds is 4. The van der Waals surface area contributed by atoms with Crippen LogP contribution in [0.5, 0.6) is 0 Å². The van der Waals surface area contributed by atoms with Crippen LogP contribution in [-0.4, -0.2) is 66.5 Å². The van der Waals surface area contributed by atoms with Crippen molar-refractivity contribution in [1.29, 1.82) is 0 Å². The Morgan fingerprint density at radius 3 is 2.24 bits per heavy atom. The Labute approximate surface area is 125 Å². The molecular formula is C15H27F3N2O. The third kappa shape index (κ3) is 5.42. The van der Waals surface area contributed by atoms with E-state index in [0.717, 1.165) is 32.2 Å². The Balaban J connectivity index is 1.75. The van der Waals surface area contributed by atoms with Crippen LogP contribution in [0.2, 0.25) is 0 Å². The van der Waals surface area contributed by atoms with Crippen LogP contribution >= 0.6 is 0 Å². The second-order valence-corrected chi connectivity index (χ2v) is 6.61. The topological polar surface area (TPSA) is 26.7 Å². The molecule has 1 heterocycles. The van der Waals surface area contributed by atoms with Crippen molar-refractivity contribution in [2.24, 2.45) is 11.8 Å². The van der Waals surface area contributed by atoms with Crippen molar-refractivity contribution in [2.75, 3.05) is 39.3 Å². The first kappa shape index (κ1) is 17.0. The van der Waals surface area contributed by atoms with E-state index in [1.54, 1.807) is 0 Å². The predicted octanol–water partition coefficient (Wildman–Crippen LogP) is 2.35. The highest BCUT2D eigenvalue weighted by molar-refractivity contribution is 4.83. The second-order valence-electron chi connectivity index (χ2n) is 6.61. The summed E-state index contributed by atoms with van der Waals surface area (Å²) in [6.45, 7) is 4.52. The summed E-state index contributed by atoms with van der Waals surface area (Å²) in [5.74, 6) is 0.989. The van der Waals surface area contributed by atoms with E-state index in [1.807, 2.05) is 0 Å². The summed E-state index contributed by atoms with van der Waals surface area (Å²) in [7, 11) is 0.